The van der Waals surface area contributed by atoms with Crippen LogP contribution in [0, 0.1) is 0 Å². The third-order valence-electron chi connectivity index (χ3n) is 1.00. The van der Waals surface area contributed by atoms with Crippen LogP contribution in [0.1, 0.15) is 68.2 Å². The second-order valence-corrected chi connectivity index (χ2v) is 5.06. The van der Waals surface area contributed by atoms with Gasteiger partial charge in [0.2, 0.25) is 11.8 Å². The Hall–Kier alpha value is -2.28. The van der Waals surface area contributed by atoms with Crippen molar-refractivity contribution >= 4 is 23.8 Å². The van der Waals surface area contributed by atoms with E-state index in [9.17, 15) is 9.59 Å². The number of carboxylic acid groups (broad SMARTS) is 2. The number of carbonyl (C=O) groups is 4. The summed E-state index contributed by atoms with van der Waals surface area (Å²) in [6.07, 6.45) is 2.50. The van der Waals surface area contributed by atoms with E-state index in [1.165, 1.54) is 26.7 Å². The molecule has 0 aliphatic rings. The van der Waals surface area contributed by atoms with E-state index in [2.05, 4.69) is 43.1 Å². The first-order valence-corrected chi connectivity index (χ1v) is 9.63. The maximum atomic E-state index is 9.85. The molecule has 192 valence electrons. The Balaban J connectivity index is -0.0000000441. The molecule has 31 heavy (non-hydrogen) atoms. The Kier molecular flexibility index (Phi) is 85.2. The molecule has 0 fully saturated rings. The molecule has 0 aromatic heterocycles. The van der Waals surface area contributed by atoms with Gasteiger partial charge in [-0.25, -0.2) is 0 Å². The maximum absolute atomic E-state index is 9.85. The van der Waals surface area contributed by atoms with E-state index in [4.69, 9.17) is 36.4 Å². The third-order valence-corrected chi connectivity index (χ3v) is 1.00. The van der Waals surface area contributed by atoms with Gasteiger partial charge in [0.1, 0.15) is 6.73 Å². The summed E-state index contributed by atoms with van der Waals surface area (Å²) >= 11 is 0. The lowest BCUT2D eigenvalue weighted by Gasteiger charge is -1.89. The molecule has 0 aliphatic heterocycles. The minimum Gasteiger partial charge on any atom is -0.481 e. The van der Waals surface area contributed by atoms with Crippen molar-refractivity contribution in [2.45, 2.75) is 68.2 Å². The molecular weight excluding hydrogens is 412 g/mol. The zero-order valence-corrected chi connectivity index (χ0v) is 20.8. The molecule has 0 radical (unpaired) electrons. The van der Waals surface area contributed by atoms with Crippen LogP contribution in [0.2, 0.25) is 0 Å². The van der Waals surface area contributed by atoms with Crippen LogP contribution in [-0.2, 0) is 23.9 Å². The van der Waals surface area contributed by atoms with E-state index in [-0.39, 0.29) is 25.2 Å². The summed E-state index contributed by atoms with van der Waals surface area (Å²) in [7, 11) is 1.63. The van der Waals surface area contributed by atoms with Crippen molar-refractivity contribution in [1.29, 1.82) is 0 Å². The first-order valence-electron chi connectivity index (χ1n) is 9.63. The standard InChI is InChI=1S/C3H8N2O.C3H7NO2.C3H9NO.2C3H8.2C2H4O2/c1-3(6)5-2-4;1-3(6)4-2-5;1-5-3-2-4;2*1-3-2;2*1-2(3)4/h2,4H2,1H3,(H,5,6);5H,2H2,1H3,(H,4,6);2-4H2,1H3;2*3H2,1-2H3;2*1H3,(H,3,4). The van der Waals surface area contributed by atoms with Crippen LogP contribution in [0.4, 0.5) is 0 Å². The van der Waals surface area contributed by atoms with Crippen LogP contribution >= 0.6 is 0 Å². The van der Waals surface area contributed by atoms with Crippen LogP contribution in [0.15, 0.2) is 0 Å². The molecule has 0 unspecified atom stereocenters. The zero-order valence-electron chi connectivity index (χ0n) is 20.8. The number of hydrogen-bond donors (Lipinski definition) is 7. The highest BCUT2D eigenvalue weighted by molar-refractivity contribution is 5.72. The van der Waals surface area contributed by atoms with Crippen LogP contribution < -0.4 is 22.1 Å². The molecule has 0 aromatic carbocycles. The molecule has 0 spiro atoms. The molecule has 2 amide bonds. The van der Waals surface area contributed by atoms with Gasteiger partial charge in [0.15, 0.2) is 0 Å². The number of rotatable bonds is 4. The second-order valence-electron chi connectivity index (χ2n) is 5.06. The number of aliphatic hydroxyl groups excluding tert-OH is 1. The molecule has 0 atom stereocenters. The summed E-state index contributed by atoms with van der Waals surface area (Å²) in [5.41, 5.74) is 9.91. The lowest BCUT2D eigenvalue weighted by atomic mass is 10.6. The van der Waals surface area contributed by atoms with Crippen molar-refractivity contribution in [2.24, 2.45) is 11.5 Å². The predicted octanol–water partition coefficient (Wildman–Crippen LogP) is 0.717. The molecule has 0 rings (SSSR count). The van der Waals surface area contributed by atoms with Crippen LogP contribution in [0.5, 0.6) is 0 Å². The number of aliphatic carboxylic acids is 2. The first-order chi connectivity index (χ1) is 14.2. The van der Waals surface area contributed by atoms with Gasteiger partial charge in [-0.2, -0.15) is 0 Å². The van der Waals surface area contributed by atoms with Gasteiger partial charge < -0.3 is 42.2 Å². The molecule has 9 N–H and O–H groups in total. The van der Waals surface area contributed by atoms with E-state index < -0.39 is 11.9 Å². The van der Waals surface area contributed by atoms with Crippen LogP contribution in [-0.4, -0.2) is 72.7 Å². The van der Waals surface area contributed by atoms with Gasteiger partial charge in [0.05, 0.1) is 13.3 Å². The predicted molar refractivity (Wildman–Crippen MR) is 123 cm³/mol. The molecule has 12 heteroatoms. The van der Waals surface area contributed by atoms with Gasteiger partial charge in [-0.3, -0.25) is 19.2 Å². The highest BCUT2D eigenvalue weighted by Gasteiger charge is 1.80. The van der Waals surface area contributed by atoms with Crippen LogP contribution in [0.25, 0.3) is 0 Å². The minimum atomic E-state index is -0.833. The molecule has 0 bridgehead atoms. The number of carboxylic acids is 2. The molecule has 0 saturated carbocycles. The van der Waals surface area contributed by atoms with E-state index in [1.807, 2.05) is 0 Å². The fourth-order valence-electron chi connectivity index (χ4n) is 0.373. The topological polar surface area (TPSA) is 214 Å². The van der Waals surface area contributed by atoms with Gasteiger partial charge in [-0.1, -0.05) is 40.5 Å². The van der Waals surface area contributed by atoms with E-state index >= 15 is 0 Å². The molecule has 0 aliphatic carbocycles. The Morgan fingerprint density at radius 1 is 0.774 bits per heavy atom. The smallest absolute Gasteiger partial charge is 0.300 e. The normalized spacial score (nSPS) is 7.10. The van der Waals surface area contributed by atoms with E-state index in [1.54, 1.807) is 7.11 Å². The Labute approximate surface area is 187 Å². The number of carbonyl (C=O) groups excluding carboxylic acids is 2. The van der Waals surface area contributed by atoms with Crippen LogP contribution in [0.3, 0.4) is 0 Å². The SMILES string of the molecule is CC(=O)NCN.CC(=O)NCO.CC(=O)O.CC(=O)O.CCC.CCC.COCCN. The molecule has 0 aromatic rings. The summed E-state index contributed by atoms with van der Waals surface area (Å²) in [5.74, 6) is -1.96. The molecule has 0 saturated heterocycles. The number of hydrogen-bond acceptors (Lipinski definition) is 8. The Bertz CT molecular complexity index is 318. The molecule has 12 nitrogen and oxygen atoms in total. The van der Waals surface area contributed by atoms with Gasteiger partial charge >= 0.3 is 0 Å². The number of aliphatic hydroxyl groups is 1. The first kappa shape index (κ1) is 46.8. The number of amides is 2. The summed E-state index contributed by atoms with van der Waals surface area (Å²) in [6, 6.07) is 0. The van der Waals surface area contributed by atoms with Gasteiger partial charge in [0, 0.05) is 41.3 Å². The van der Waals surface area contributed by atoms with Crippen molar-refractivity contribution in [3.8, 4) is 0 Å². The largest absolute Gasteiger partial charge is 0.481 e. The highest BCUT2D eigenvalue weighted by atomic mass is 16.5. The number of nitrogens with one attached hydrogen (secondary N) is 2. The maximum Gasteiger partial charge on any atom is 0.300 e. The zero-order chi connectivity index (χ0) is 26.7. The second kappa shape index (κ2) is 56.5. The van der Waals surface area contributed by atoms with Gasteiger partial charge in [-0.15, -0.1) is 0 Å². The summed E-state index contributed by atoms with van der Waals surface area (Å²) in [4.78, 5) is 37.6. The Morgan fingerprint density at radius 2 is 1.03 bits per heavy atom. The number of nitrogens with two attached hydrogens (primary N) is 2. The lowest BCUT2D eigenvalue weighted by molar-refractivity contribution is -0.135. The summed E-state index contributed by atoms with van der Waals surface area (Å²) in [5, 5.41) is 27.2. The van der Waals surface area contributed by atoms with Crippen molar-refractivity contribution in [1.82, 2.24) is 10.6 Å². The van der Waals surface area contributed by atoms with Gasteiger partial charge in [-0.05, 0) is 0 Å². The summed E-state index contributed by atoms with van der Waals surface area (Å²) < 4.78 is 4.57. The number of ether oxygens (including phenoxy) is 1. The fourth-order valence-corrected chi connectivity index (χ4v) is 0.373. The molecule has 0 heterocycles. The number of methoxy groups -OCH3 is 1. The van der Waals surface area contributed by atoms with Gasteiger partial charge in [0.25, 0.3) is 11.9 Å². The Morgan fingerprint density at radius 3 is 1.03 bits per heavy atom. The van der Waals surface area contributed by atoms with E-state index in [0.717, 1.165) is 13.8 Å². The quantitative estimate of drug-likeness (QED) is 0.292. The van der Waals surface area contributed by atoms with Crippen molar-refractivity contribution in [3.05, 3.63) is 0 Å². The average molecular weight is 461 g/mol. The average Bonchev–Trinajstić information content (AvgIpc) is 2.57. The van der Waals surface area contributed by atoms with E-state index in [0.29, 0.717) is 13.2 Å². The van der Waals surface area contributed by atoms with Crippen molar-refractivity contribution in [3.63, 3.8) is 0 Å². The lowest BCUT2D eigenvalue weighted by Crippen LogP contribution is -2.26. The monoisotopic (exact) mass is 460 g/mol. The molecular formula is C19H48N4O8. The van der Waals surface area contributed by atoms with Crippen molar-refractivity contribution in [2.75, 3.05) is 33.7 Å². The minimum absolute atomic E-state index is 0.0856. The summed E-state index contributed by atoms with van der Waals surface area (Å²) in [6.45, 7) is 14.7. The fraction of sp³-hybridized carbons (Fsp3) is 0.789. The van der Waals surface area contributed by atoms with Crippen molar-refractivity contribution < 1.29 is 39.2 Å². The third kappa shape index (κ3) is 560. The highest BCUT2D eigenvalue weighted by Crippen LogP contribution is 1.56.